The second-order valence-corrected chi connectivity index (χ2v) is 8.91. The largest absolute Gasteiger partial charge is 0.0616 e. The average molecular weight is 430 g/mol. The Bertz CT molecular complexity index is 1860. The third-order valence-electron chi connectivity index (χ3n) is 6.93. The fraction of sp³-hybridized carbons (Fsp3) is 0. The van der Waals surface area contributed by atoms with Gasteiger partial charge >= 0.3 is 0 Å². The summed E-state index contributed by atoms with van der Waals surface area (Å²) in [5, 5.41) is 9.93. The molecule has 1 radical (unpaired) electrons. The highest BCUT2D eigenvalue weighted by Gasteiger charge is 2.14. The third-order valence-corrected chi connectivity index (χ3v) is 6.93. The van der Waals surface area contributed by atoms with Crippen LogP contribution in [0.3, 0.4) is 0 Å². The Balaban J connectivity index is 1.59. The highest BCUT2D eigenvalue weighted by atomic mass is 14.2. The molecule has 0 aliphatic heterocycles. The van der Waals surface area contributed by atoms with E-state index < -0.39 is 0 Å². The lowest BCUT2D eigenvalue weighted by atomic mass is 9.87. The van der Waals surface area contributed by atoms with E-state index in [1.54, 1.807) is 0 Å². The molecule has 0 atom stereocenters. The summed E-state index contributed by atoms with van der Waals surface area (Å²) in [6.45, 7) is 0. The third kappa shape index (κ3) is 3.00. The molecule has 0 saturated heterocycles. The van der Waals surface area contributed by atoms with Gasteiger partial charge in [0.15, 0.2) is 0 Å². The molecule has 0 spiro atoms. The molecular weight excluding hydrogens is 408 g/mol. The Labute approximate surface area is 198 Å². The van der Waals surface area contributed by atoms with Crippen molar-refractivity contribution in [3.05, 3.63) is 133 Å². The van der Waals surface area contributed by atoms with Gasteiger partial charge in [-0.1, -0.05) is 109 Å². The molecule has 157 valence electrons. The van der Waals surface area contributed by atoms with Gasteiger partial charge in [0.25, 0.3) is 0 Å². The first-order valence-electron chi connectivity index (χ1n) is 11.7. The van der Waals surface area contributed by atoms with Gasteiger partial charge in [-0.25, -0.2) is 0 Å². The molecule has 0 fully saturated rings. The molecule has 0 heterocycles. The molecule has 7 aromatic rings. The molecule has 34 heavy (non-hydrogen) atoms. The van der Waals surface area contributed by atoms with Crippen molar-refractivity contribution < 1.29 is 0 Å². The van der Waals surface area contributed by atoms with E-state index in [2.05, 4.69) is 133 Å². The molecule has 0 unspecified atom stereocenters. The van der Waals surface area contributed by atoms with Gasteiger partial charge in [0, 0.05) is 0 Å². The zero-order chi connectivity index (χ0) is 22.5. The molecule has 0 aromatic heterocycles. The summed E-state index contributed by atoms with van der Waals surface area (Å²) in [5.41, 5.74) is 4.98. The molecule has 0 bridgehead atoms. The highest BCUT2D eigenvalue weighted by molar-refractivity contribution is 6.15. The quantitative estimate of drug-likeness (QED) is 0.240. The van der Waals surface area contributed by atoms with E-state index in [0.717, 1.165) is 5.39 Å². The molecular formula is C34H21. The second kappa shape index (κ2) is 7.57. The maximum Gasteiger partial charge on any atom is -0.00262 e. The highest BCUT2D eigenvalue weighted by Crippen LogP contribution is 2.41. The first kappa shape index (κ1) is 19.1. The van der Waals surface area contributed by atoms with Crippen molar-refractivity contribution in [1.29, 1.82) is 0 Å². The van der Waals surface area contributed by atoms with E-state index in [9.17, 15) is 0 Å². The Morgan fingerprint density at radius 3 is 1.79 bits per heavy atom. The smallest absolute Gasteiger partial charge is 0.00262 e. The van der Waals surface area contributed by atoms with Crippen LogP contribution in [0.4, 0.5) is 0 Å². The van der Waals surface area contributed by atoms with Crippen LogP contribution in [-0.4, -0.2) is 0 Å². The van der Waals surface area contributed by atoms with Crippen molar-refractivity contribution >= 4 is 43.1 Å². The predicted octanol–water partition coefficient (Wildman–Crippen LogP) is 9.43. The number of hydrogen-bond donors (Lipinski definition) is 0. The minimum atomic E-state index is 1.15. The predicted molar refractivity (Wildman–Crippen MR) is 146 cm³/mol. The molecule has 7 rings (SSSR count). The van der Waals surface area contributed by atoms with Gasteiger partial charge in [-0.15, -0.1) is 0 Å². The molecule has 0 saturated carbocycles. The normalized spacial score (nSPS) is 11.5. The Morgan fingerprint density at radius 1 is 0.412 bits per heavy atom. The molecule has 0 N–H and O–H groups in total. The van der Waals surface area contributed by atoms with E-state index in [1.807, 2.05) is 0 Å². The van der Waals surface area contributed by atoms with Gasteiger partial charge in [-0.3, -0.25) is 0 Å². The Hall–Kier alpha value is -4.42. The fourth-order valence-electron chi connectivity index (χ4n) is 5.25. The van der Waals surface area contributed by atoms with Crippen molar-refractivity contribution in [2.75, 3.05) is 0 Å². The number of rotatable bonds is 2. The van der Waals surface area contributed by atoms with E-state index in [0.29, 0.717) is 0 Å². The van der Waals surface area contributed by atoms with Crippen LogP contribution in [0.25, 0.3) is 65.3 Å². The average Bonchev–Trinajstić information content (AvgIpc) is 2.91. The molecule has 0 aliphatic carbocycles. The van der Waals surface area contributed by atoms with E-state index in [-0.39, 0.29) is 0 Å². The lowest BCUT2D eigenvalue weighted by molar-refractivity contribution is 1.64. The summed E-state index contributed by atoms with van der Waals surface area (Å²) < 4.78 is 0. The zero-order valence-corrected chi connectivity index (χ0v) is 18.6. The van der Waals surface area contributed by atoms with Gasteiger partial charge in [-0.2, -0.15) is 0 Å². The van der Waals surface area contributed by atoms with Crippen molar-refractivity contribution in [2.24, 2.45) is 0 Å². The van der Waals surface area contributed by atoms with Gasteiger partial charge in [0.2, 0.25) is 0 Å². The monoisotopic (exact) mass is 429 g/mol. The van der Waals surface area contributed by atoms with E-state index >= 15 is 0 Å². The summed E-state index contributed by atoms with van der Waals surface area (Å²) in [7, 11) is 0. The van der Waals surface area contributed by atoms with Crippen LogP contribution >= 0.6 is 0 Å². The van der Waals surface area contributed by atoms with Crippen LogP contribution in [0.1, 0.15) is 0 Å². The topological polar surface area (TPSA) is 0 Å². The second-order valence-electron chi connectivity index (χ2n) is 8.91. The number of fused-ring (bicyclic) bond motifs is 5. The summed E-state index contributed by atoms with van der Waals surface area (Å²) in [5.74, 6) is 0. The van der Waals surface area contributed by atoms with E-state index in [4.69, 9.17) is 0 Å². The standard InChI is InChI=1S/C34H21/c1-3-10-26-21-28(15-13-23(26)7-1)31-19-20-32-30-12-6-5-9-25(30)17-18-33(32)34(31)29-16-14-24-8-2-4-11-27(24)22-29/h1-16,18-22H. The zero-order valence-electron chi connectivity index (χ0n) is 18.6. The Morgan fingerprint density at radius 2 is 1.03 bits per heavy atom. The lowest BCUT2D eigenvalue weighted by Crippen LogP contribution is -1.90. The summed E-state index contributed by atoms with van der Waals surface area (Å²) in [4.78, 5) is 0. The van der Waals surface area contributed by atoms with Gasteiger partial charge < -0.3 is 0 Å². The molecule has 7 aromatic carbocycles. The van der Waals surface area contributed by atoms with Crippen LogP contribution in [0, 0.1) is 6.07 Å². The lowest BCUT2D eigenvalue weighted by Gasteiger charge is -2.16. The maximum atomic E-state index is 3.55. The number of benzene rings is 7. The summed E-state index contributed by atoms with van der Waals surface area (Å²) in [6, 6.07) is 49.6. The SMILES string of the molecule is [c]1cc2c(-c3ccc4ccccc4c3)c(-c3ccc4ccccc4c3)ccc2c2ccccc12. The van der Waals surface area contributed by atoms with Gasteiger partial charge in [-0.05, 0) is 89.6 Å². The first-order chi connectivity index (χ1) is 16.8. The van der Waals surface area contributed by atoms with E-state index in [1.165, 1.54) is 60.0 Å². The summed E-state index contributed by atoms with van der Waals surface area (Å²) >= 11 is 0. The molecule has 0 heteroatoms. The van der Waals surface area contributed by atoms with Crippen LogP contribution in [-0.2, 0) is 0 Å². The minimum absolute atomic E-state index is 1.15. The molecule has 0 nitrogen and oxygen atoms in total. The van der Waals surface area contributed by atoms with Gasteiger partial charge in [0.05, 0.1) is 0 Å². The van der Waals surface area contributed by atoms with Gasteiger partial charge in [0.1, 0.15) is 0 Å². The molecule has 0 amide bonds. The fourth-order valence-corrected chi connectivity index (χ4v) is 5.25. The maximum absolute atomic E-state index is 3.55. The van der Waals surface area contributed by atoms with Crippen molar-refractivity contribution in [3.63, 3.8) is 0 Å². The van der Waals surface area contributed by atoms with Crippen molar-refractivity contribution in [3.8, 4) is 22.3 Å². The minimum Gasteiger partial charge on any atom is -0.0616 e. The summed E-state index contributed by atoms with van der Waals surface area (Å²) in [6.07, 6.45) is 0. The van der Waals surface area contributed by atoms with Crippen LogP contribution in [0.5, 0.6) is 0 Å². The van der Waals surface area contributed by atoms with Crippen LogP contribution in [0.15, 0.2) is 127 Å². The first-order valence-corrected chi connectivity index (χ1v) is 11.7. The van der Waals surface area contributed by atoms with Crippen molar-refractivity contribution in [1.82, 2.24) is 0 Å². The molecule has 0 aliphatic rings. The van der Waals surface area contributed by atoms with Crippen LogP contribution in [0.2, 0.25) is 0 Å². The van der Waals surface area contributed by atoms with Crippen molar-refractivity contribution in [2.45, 2.75) is 0 Å². The van der Waals surface area contributed by atoms with Crippen LogP contribution < -0.4 is 0 Å². The Kier molecular flexibility index (Phi) is 4.25. The number of hydrogen-bond acceptors (Lipinski definition) is 0.